The second-order valence-electron chi connectivity index (χ2n) is 10.2. The van der Waals surface area contributed by atoms with Gasteiger partial charge in [0.05, 0.1) is 53.8 Å². The number of carbonyl (C=O) groups is 1. The number of nitrogens with zero attached hydrogens (tertiary/aromatic N) is 7. The number of nitro groups is 6. The summed E-state index contributed by atoms with van der Waals surface area (Å²) in [5.41, 5.74) is -6.00. The van der Waals surface area contributed by atoms with Gasteiger partial charge < -0.3 is 20.4 Å². The van der Waals surface area contributed by atoms with Crippen LogP contribution in [-0.2, 0) is 4.79 Å². The number of nitro benzene ring substituents is 6. The number of non-ortho nitro benzene ring substituents is 2. The lowest BCUT2D eigenvalue weighted by molar-refractivity contribution is -0.404. The zero-order valence-electron chi connectivity index (χ0n) is 23.3. The van der Waals surface area contributed by atoms with Crippen molar-refractivity contribution in [2.24, 2.45) is 11.8 Å². The lowest BCUT2D eigenvalue weighted by atomic mass is 9.77. The zero-order valence-corrected chi connectivity index (χ0v) is 23.3. The predicted molar refractivity (Wildman–Crippen MR) is 150 cm³/mol. The number of nitrogens with one attached hydrogen (secondary N) is 1. The molecule has 0 spiro atoms. The van der Waals surface area contributed by atoms with Crippen LogP contribution in [0.1, 0.15) is 25.7 Å². The topological polar surface area (TPSA) is 332 Å². The normalized spacial score (nSPS) is 19.6. The van der Waals surface area contributed by atoms with E-state index < -0.39 is 75.2 Å². The molecule has 2 bridgehead atoms. The largest absolute Gasteiger partial charge is 0.497 e. The van der Waals surface area contributed by atoms with Crippen molar-refractivity contribution >= 4 is 40.0 Å². The first kappa shape index (κ1) is 34.4. The van der Waals surface area contributed by atoms with Gasteiger partial charge in [0.25, 0.3) is 22.9 Å². The van der Waals surface area contributed by atoms with Crippen LogP contribution in [0.3, 0.4) is 0 Å². The Morgan fingerprint density at radius 3 is 1.46 bits per heavy atom. The third-order valence-electron chi connectivity index (χ3n) is 7.40. The zero-order chi connectivity index (χ0) is 34.5. The van der Waals surface area contributed by atoms with E-state index >= 15 is 0 Å². The minimum Gasteiger partial charge on any atom is -0.497 e. The van der Waals surface area contributed by atoms with Crippen LogP contribution < -0.4 is 5.32 Å². The fraction of sp³-hybridized carbons (Fsp3) is 0.435. The standard InChI is InChI=1S/C11H18N2O.2C6H3N3O7/c14-11-3-1-2-10-9-4-8(5-12-6-9)7-13(10)11;2*10-6-4(8(13)14)1-3(7(11)12)2-5(6)9(15)16/h8-10,12H,1-7H2;2*1-2,10H/t8-,9+,10?;;/m1../s1. The van der Waals surface area contributed by atoms with Crippen LogP contribution in [0.25, 0.3) is 0 Å². The van der Waals surface area contributed by atoms with Crippen LogP contribution >= 0.6 is 0 Å². The number of phenols is 2. The van der Waals surface area contributed by atoms with Gasteiger partial charge in [0.15, 0.2) is 0 Å². The van der Waals surface area contributed by atoms with Gasteiger partial charge in [-0.2, -0.15) is 0 Å². The molecule has 3 aliphatic heterocycles. The molecule has 0 aliphatic carbocycles. The van der Waals surface area contributed by atoms with Crippen molar-refractivity contribution in [3.63, 3.8) is 0 Å². The van der Waals surface area contributed by atoms with Crippen molar-refractivity contribution in [1.82, 2.24) is 10.2 Å². The molecule has 3 atom stereocenters. The number of piperidine rings is 3. The summed E-state index contributed by atoms with van der Waals surface area (Å²) < 4.78 is 0. The molecule has 5 rings (SSSR count). The number of aromatic hydroxyl groups is 2. The highest BCUT2D eigenvalue weighted by molar-refractivity contribution is 5.77. The van der Waals surface area contributed by atoms with Crippen molar-refractivity contribution in [1.29, 1.82) is 0 Å². The molecule has 2 aromatic rings. The minimum atomic E-state index is -1.21. The van der Waals surface area contributed by atoms with Gasteiger partial charge >= 0.3 is 22.7 Å². The van der Waals surface area contributed by atoms with Crippen LogP contribution in [-0.4, -0.2) is 76.2 Å². The highest BCUT2D eigenvalue weighted by Crippen LogP contribution is 2.40. The number of hydrogen-bond donors (Lipinski definition) is 3. The molecule has 3 fully saturated rings. The molecular formula is C23H24N8O15. The average molecular weight is 652 g/mol. The first-order chi connectivity index (χ1) is 21.5. The van der Waals surface area contributed by atoms with E-state index in [9.17, 15) is 65.5 Å². The van der Waals surface area contributed by atoms with E-state index in [0.717, 1.165) is 44.3 Å². The van der Waals surface area contributed by atoms with Crippen molar-refractivity contribution < 1.29 is 44.5 Å². The van der Waals surface area contributed by atoms with Gasteiger partial charge in [0, 0.05) is 19.0 Å². The van der Waals surface area contributed by atoms with E-state index in [0.29, 0.717) is 36.2 Å². The molecule has 3 N–H and O–H groups in total. The van der Waals surface area contributed by atoms with Crippen LogP contribution in [0.5, 0.6) is 11.5 Å². The van der Waals surface area contributed by atoms with E-state index in [-0.39, 0.29) is 0 Å². The summed E-state index contributed by atoms with van der Waals surface area (Å²) in [5, 5.41) is 83.9. The van der Waals surface area contributed by atoms with Gasteiger partial charge in [-0.15, -0.1) is 0 Å². The molecule has 246 valence electrons. The number of phenolic OH excluding ortho intramolecular Hbond substituents is 2. The maximum atomic E-state index is 11.8. The Labute approximate surface area is 254 Å². The molecule has 1 unspecified atom stereocenters. The fourth-order valence-corrected chi connectivity index (χ4v) is 5.40. The van der Waals surface area contributed by atoms with Gasteiger partial charge in [-0.1, -0.05) is 0 Å². The number of benzene rings is 2. The van der Waals surface area contributed by atoms with Gasteiger partial charge in [-0.3, -0.25) is 65.5 Å². The average Bonchev–Trinajstić information content (AvgIpc) is 2.98. The van der Waals surface area contributed by atoms with Gasteiger partial charge in [-0.05, 0) is 44.2 Å². The Kier molecular flexibility index (Phi) is 10.5. The number of carbonyl (C=O) groups excluding carboxylic acids is 1. The summed E-state index contributed by atoms with van der Waals surface area (Å²) in [4.78, 5) is 69.5. The molecule has 46 heavy (non-hydrogen) atoms. The van der Waals surface area contributed by atoms with Gasteiger partial charge in [-0.25, -0.2) is 0 Å². The SMILES string of the molecule is O=C1CCCC2[C@@H]3CNC[C@@H](C3)CN12.O=[N+]([O-])c1cc([N+](=O)[O-])c(O)c([N+](=O)[O-])c1.O=[N+]([O-])c1cc([N+](=O)[O-])c(O)c([N+](=O)[O-])c1. The summed E-state index contributed by atoms with van der Waals surface area (Å²) in [6, 6.07) is 2.36. The van der Waals surface area contributed by atoms with E-state index in [4.69, 9.17) is 10.2 Å². The summed E-state index contributed by atoms with van der Waals surface area (Å²) >= 11 is 0. The number of hydrogen-bond acceptors (Lipinski definition) is 16. The van der Waals surface area contributed by atoms with Gasteiger partial charge in [0.1, 0.15) is 0 Å². The maximum absolute atomic E-state index is 11.8. The number of amides is 1. The van der Waals surface area contributed by atoms with Crippen LogP contribution in [0, 0.1) is 72.5 Å². The lowest BCUT2D eigenvalue weighted by Gasteiger charge is -2.49. The molecule has 3 aliphatic rings. The van der Waals surface area contributed by atoms with Crippen molar-refractivity contribution in [3.8, 4) is 11.5 Å². The highest BCUT2D eigenvalue weighted by Gasteiger charge is 2.41. The maximum Gasteiger partial charge on any atom is 0.324 e. The number of fused-ring (bicyclic) bond motifs is 4. The lowest BCUT2D eigenvalue weighted by Crippen LogP contribution is -2.59. The molecule has 3 saturated heterocycles. The molecule has 0 aromatic heterocycles. The van der Waals surface area contributed by atoms with Crippen molar-refractivity contribution in [2.45, 2.75) is 31.7 Å². The summed E-state index contributed by atoms with van der Waals surface area (Å²) in [6.45, 7) is 3.27. The van der Waals surface area contributed by atoms with Crippen LogP contribution in [0.15, 0.2) is 24.3 Å². The van der Waals surface area contributed by atoms with Crippen LogP contribution in [0.4, 0.5) is 34.1 Å². The monoisotopic (exact) mass is 652 g/mol. The molecule has 3 heterocycles. The molecule has 2 aromatic carbocycles. The van der Waals surface area contributed by atoms with Crippen LogP contribution in [0.2, 0.25) is 0 Å². The summed E-state index contributed by atoms with van der Waals surface area (Å²) in [7, 11) is 0. The summed E-state index contributed by atoms with van der Waals surface area (Å²) in [6.07, 6.45) is 4.50. The van der Waals surface area contributed by atoms with Crippen molar-refractivity contribution in [3.05, 3.63) is 85.0 Å². The predicted octanol–water partition coefficient (Wildman–Crippen LogP) is 2.84. The van der Waals surface area contributed by atoms with E-state index in [1.54, 1.807) is 0 Å². The Bertz CT molecular complexity index is 1450. The molecule has 0 radical (unpaired) electrons. The molecular weight excluding hydrogens is 628 g/mol. The molecule has 23 heteroatoms. The van der Waals surface area contributed by atoms with Crippen molar-refractivity contribution in [2.75, 3.05) is 19.6 Å². The Hall–Kier alpha value is -6.13. The molecule has 0 saturated carbocycles. The second-order valence-corrected chi connectivity index (χ2v) is 10.2. The second kappa shape index (κ2) is 14.1. The van der Waals surface area contributed by atoms with E-state index in [2.05, 4.69) is 10.2 Å². The first-order valence-electron chi connectivity index (χ1n) is 13.1. The number of rotatable bonds is 6. The van der Waals surface area contributed by atoms with Gasteiger partial charge in [0.2, 0.25) is 5.91 Å². The fourth-order valence-electron chi connectivity index (χ4n) is 5.40. The quantitative estimate of drug-likeness (QED) is 0.298. The third kappa shape index (κ3) is 7.68. The smallest absolute Gasteiger partial charge is 0.324 e. The van der Waals surface area contributed by atoms with E-state index in [1.165, 1.54) is 12.8 Å². The van der Waals surface area contributed by atoms with E-state index in [1.807, 2.05) is 0 Å². The summed E-state index contributed by atoms with van der Waals surface area (Å²) in [5.74, 6) is -0.530. The molecule has 23 nitrogen and oxygen atoms in total. The Morgan fingerprint density at radius 2 is 1.09 bits per heavy atom. The minimum absolute atomic E-state index is 0.415. The Balaban J connectivity index is 0.000000188. The molecule has 1 amide bonds. The first-order valence-corrected chi connectivity index (χ1v) is 13.1. The Morgan fingerprint density at radius 1 is 0.674 bits per heavy atom. The highest BCUT2D eigenvalue weighted by atomic mass is 16.7. The third-order valence-corrected chi connectivity index (χ3v) is 7.40.